The van der Waals surface area contributed by atoms with Gasteiger partial charge in [-0.2, -0.15) is 0 Å². The number of hydrogen-bond acceptors (Lipinski definition) is 3. The first-order valence-corrected chi connectivity index (χ1v) is 9.39. The van der Waals surface area contributed by atoms with Gasteiger partial charge >= 0.3 is 0 Å². The number of hydrogen-bond donors (Lipinski definition) is 1. The van der Waals surface area contributed by atoms with Crippen LogP contribution in [0.3, 0.4) is 0 Å². The van der Waals surface area contributed by atoms with Crippen LogP contribution >= 0.6 is 35.0 Å². The number of anilines is 1. The maximum Gasteiger partial charge on any atom is 0.234 e. The summed E-state index contributed by atoms with van der Waals surface area (Å²) in [7, 11) is 0. The van der Waals surface area contributed by atoms with Crippen LogP contribution < -0.4 is 10.1 Å². The van der Waals surface area contributed by atoms with Gasteiger partial charge in [-0.15, -0.1) is 11.8 Å². The smallest absolute Gasteiger partial charge is 0.234 e. The third kappa shape index (κ3) is 5.93. The lowest BCUT2D eigenvalue weighted by atomic mass is 10.1. The minimum atomic E-state index is -0.0726. The third-order valence-corrected chi connectivity index (χ3v) is 4.68. The summed E-state index contributed by atoms with van der Waals surface area (Å²) >= 11 is 13.6. The van der Waals surface area contributed by atoms with Crippen LogP contribution in [0.25, 0.3) is 0 Å². The van der Waals surface area contributed by atoms with Crippen molar-refractivity contribution in [3.63, 3.8) is 0 Å². The molecule has 0 spiro atoms. The van der Waals surface area contributed by atoms with Crippen LogP contribution in [0.1, 0.15) is 11.1 Å². The Hall–Kier alpha value is -1.36. The second-order valence-corrected chi connectivity index (χ2v) is 7.29. The number of carbonyl (C=O) groups excluding carboxylic acids is 1. The lowest BCUT2D eigenvalue weighted by molar-refractivity contribution is -0.113. The molecule has 0 fully saturated rings. The highest BCUT2D eigenvalue weighted by Crippen LogP contribution is 2.27. The normalized spacial score (nSPS) is 10.5. The quantitative estimate of drug-likeness (QED) is 0.653. The average molecular weight is 384 g/mol. The summed E-state index contributed by atoms with van der Waals surface area (Å²) in [6, 6.07) is 11.1. The fourth-order valence-electron chi connectivity index (χ4n) is 2.19. The molecule has 0 saturated carbocycles. The standard InChI is InChI=1S/C18H19Cl2NO2S/c1-12-8-13(2)18(16(20)9-12)21-17(22)11-24-7-6-23-15-5-3-4-14(19)10-15/h3-5,8-10H,6-7,11H2,1-2H3,(H,21,22). The van der Waals surface area contributed by atoms with Gasteiger partial charge in [-0.1, -0.05) is 35.3 Å². The molecule has 0 radical (unpaired) electrons. The molecule has 0 saturated heterocycles. The van der Waals surface area contributed by atoms with E-state index in [1.807, 2.05) is 38.1 Å². The second kappa shape index (κ2) is 9.21. The highest BCUT2D eigenvalue weighted by atomic mass is 35.5. The molecular weight excluding hydrogens is 365 g/mol. The van der Waals surface area contributed by atoms with Crippen molar-refractivity contribution in [3.05, 3.63) is 57.6 Å². The zero-order valence-electron chi connectivity index (χ0n) is 13.6. The minimum absolute atomic E-state index is 0.0726. The lowest BCUT2D eigenvalue weighted by Gasteiger charge is -2.11. The molecule has 0 unspecified atom stereocenters. The van der Waals surface area contributed by atoms with Crippen LogP contribution in [-0.4, -0.2) is 24.0 Å². The van der Waals surface area contributed by atoms with Crippen molar-refractivity contribution < 1.29 is 9.53 Å². The second-order valence-electron chi connectivity index (χ2n) is 5.35. The van der Waals surface area contributed by atoms with E-state index in [0.717, 1.165) is 16.9 Å². The Balaban J connectivity index is 1.72. The molecule has 0 aromatic heterocycles. The maximum atomic E-state index is 12.0. The zero-order chi connectivity index (χ0) is 17.5. The first kappa shape index (κ1) is 19.0. The van der Waals surface area contributed by atoms with Crippen LogP contribution in [-0.2, 0) is 4.79 Å². The molecule has 0 bridgehead atoms. The van der Waals surface area contributed by atoms with Gasteiger partial charge in [-0.05, 0) is 49.2 Å². The van der Waals surface area contributed by atoms with Crippen molar-refractivity contribution in [1.82, 2.24) is 0 Å². The van der Waals surface area contributed by atoms with Crippen LogP contribution in [0.2, 0.25) is 10.0 Å². The van der Waals surface area contributed by atoms with Gasteiger partial charge in [0, 0.05) is 10.8 Å². The fourth-order valence-corrected chi connectivity index (χ4v) is 3.34. The summed E-state index contributed by atoms with van der Waals surface area (Å²) in [5, 5.41) is 4.08. The highest BCUT2D eigenvalue weighted by Gasteiger charge is 2.09. The van der Waals surface area contributed by atoms with E-state index >= 15 is 0 Å². The predicted octanol–water partition coefficient (Wildman–Crippen LogP) is 5.36. The van der Waals surface area contributed by atoms with Gasteiger partial charge in [0.05, 0.1) is 23.1 Å². The van der Waals surface area contributed by atoms with Gasteiger partial charge in [0.15, 0.2) is 0 Å². The molecule has 0 aliphatic rings. The van der Waals surface area contributed by atoms with Crippen LogP contribution in [0.5, 0.6) is 5.75 Å². The summed E-state index contributed by atoms with van der Waals surface area (Å²) in [4.78, 5) is 12.0. The van der Waals surface area contributed by atoms with E-state index in [2.05, 4.69) is 5.32 Å². The maximum absolute atomic E-state index is 12.0. The Morgan fingerprint density at radius 3 is 2.71 bits per heavy atom. The summed E-state index contributed by atoms with van der Waals surface area (Å²) in [6.45, 7) is 4.42. The Morgan fingerprint density at radius 1 is 1.21 bits per heavy atom. The van der Waals surface area contributed by atoms with E-state index in [9.17, 15) is 4.79 Å². The first-order chi connectivity index (χ1) is 11.5. The molecule has 3 nitrogen and oxygen atoms in total. The van der Waals surface area contributed by atoms with Gasteiger partial charge in [0.1, 0.15) is 5.75 Å². The van der Waals surface area contributed by atoms with Gasteiger partial charge in [0.25, 0.3) is 0 Å². The van der Waals surface area contributed by atoms with Crippen LogP contribution in [0.15, 0.2) is 36.4 Å². The van der Waals surface area contributed by atoms with Crippen molar-refractivity contribution in [3.8, 4) is 5.75 Å². The molecule has 128 valence electrons. The average Bonchev–Trinajstić information content (AvgIpc) is 2.50. The van der Waals surface area contributed by atoms with Gasteiger partial charge in [-0.3, -0.25) is 4.79 Å². The van der Waals surface area contributed by atoms with E-state index in [-0.39, 0.29) is 5.91 Å². The zero-order valence-corrected chi connectivity index (χ0v) is 15.9. The Labute approximate surface area is 156 Å². The Morgan fingerprint density at radius 2 is 2.00 bits per heavy atom. The SMILES string of the molecule is Cc1cc(C)c(NC(=O)CSCCOc2cccc(Cl)c2)c(Cl)c1. The molecule has 6 heteroatoms. The van der Waals surface area contributed by atoms with Crippen molar-refractivity contribution in [2.75, 3.05) is 23.4 Å². The summed E-state index contributed by atoms with van der Waals surface area (Å²) in [5.74, 6) is 1.72. The number of aryl methyl sites for hydroxylation is 2. The van der Waals surface area contributed by atoms with E-state index in [1.165, 1.54) is 11.8 Å². The molecular formula is C18H19Cl2NO2S. The number of ether oxygens (including phenoxy) is 1. The van der Waals surface area contributed by atoms with Gasteiger partial charge in [0.2, 0.25) is 5.91 Å². The largest absolute Gasteiger partial charge is 0.493 e. The molecule has 0 aliphatic carbocycles. The number of rotatable bonds is 7. The summed E-state index contributed by atoms with van der Waals surface area (Å²) in [5.41, 5.74) is 2.72. The molecule has 24 heavy (non-hydrogen) atoms. The third-order valence-electron chi connectivity index (χ3n) is 3.22. The van der Waals surface area contributed by atoms with Crippen LogP contribution in [0, 0.1) is 13.8 Å². The number of nitrogens with one attached hydrogen (secondary N) is 1. The topological polar surface area (TPSA) is 38.3 Å². The number of thioether (sulfide) groups is 1. The van der Waals surface area contributed by atoms with Crippen LogP contribution in [0.4, 0.5) is 5.69 Å². The van der Waals surface area contributed by atoms with Gasteiger partial charge in [-0.25, -0.2) is 0 Å². The van der Waals surface area contributed by atoms with Crippen molar-refractivity contribution in [2.45, 2.75) is 13.8 Å². The van der Waals surface area contributed by atoms with Crippen molar-refractivity contribution >= 4 is 46.6 Å². The molecule has 0 heterocycles. The Kier molecular flexibility index (Phi) is 7.28. The molecule has 2 aromatic carbocycles. The minimum Gasteiger partial charge on any atom is -0.493 e. The first-order valence-electron chi connectivity index (χ1n) is 7.48. The number of benzene rings is 2. The van der Waals surface area contributed by atoms with E-state index in [4.69, 9.17) is 27.9 Å². The van der Waals surface area contributed by atoms with Crippen molar-refractivity contribution in [2.24, 2.45) is 0 Å². The highest BCUT2D eigenvalue weighted by molar-refractivity contribution is 7.99. The predicted molar refractivity (Wildman–Crippen MR) is 104 cm³/mol. The van der Waals surface area contributed by atoms with Crippen molar-refractivity contribution in [1.29, 1.82) is 0 Å². The van der Waals surface area contributed by atoms with E-state index < -0.39 is 0 Å². The molecule has 0 aliphatic heterocycles. The van der Waals surface area contributed by atoms with Gasteiger partial charge < -0.3 is 10.1 Å². The molecule has 0 atom stereocenters. The molecule has 2 aromatic rings. The summed E-state index contributed by atoms with van der Waals surface area (Å²) in [6.07, 6.45) is 0. The van der Waals surface area contributed by atoms with E-state index in [1.54, 1.807) is 12.1 Å². The number of amides is 1. The molecule has 1 N–H and O–H groups in total. The summed E-state index contributed by atoms with van der Waals surface area (Å²) < 4.78 is 5.58. The monoisotopic (exact) mass is 383 g/mol. The molecule has 2 rings (SSSR count). The van der Waals surface area contributed by atoms with E-state index in [0.29, 0.717) is 33.8 Å². The molecule has 1 amide bonds. The number of carbonyl (C=O) groups is 1. The lowest BCUT2D eigenvalue weighted by Crippen LogP contribution is -2.16. The Bertz CT molecular complexity index is 699. The number of halogens is 2. The fraction of sp³-hybridized carbons (Fsp3) is 0.278.